The highest BCUT2D eigenvalue weighted by Gasteiger charge is 2.04. The Bertz CT molecular complexity index is 881. The molecule has 0 bridgehead atoms. The van der Waals surface area contributed by atoms with Crippen molar-refractivity contribution in [2.45, 2.75) is 39.2 Å². The van der Waals surface area contributed by atoms with Crippen molar-refractivity contribution in [2.75, 3.05) is 0 Å². The fourth-order valence-electron chi connectivity index (χ4n) is 2.70. The molecule has 6 heteroatoms. The lowest BCUT2D eigenvalue weighted by Crippen LogP contribution is -2.18. The van der Waals surface area contributed by atoms with Gasteiger partial charge in [-0.05, 0) is 50.5 Å². The van der Waals surface area contributed by atoms with E-state index in [1.165, 1.54) is 11.6 Å². The van der Waals surface area contributed by atoms with Crippen LogP contribution in [0.5, 0.6) is 5.75 Å². The number of hydrogen-bond acceptors (Lipinski definition) is 4. The van der Waals surface area contributed by atoms with Crippen molar-refractivity contribution >= 4 is 0 Å². The SMILES string of the molecule is Cc1ccc(-n2cc(CCCCCn3cccc(O)c3=O)nn2)cc1. The lowest BCUT2D eigenvalue weighted by Gasteiger charge is -2.05. The Morgan fingerprint density at radius 3 is 2.68 bits per heavy atom. The van der Waals surface area contributed by atoms with Crippen LogP contribution in [-0.4, -0.2) is 24.7 Å². The Hall–Kier alpha value is -2.89. The van der Waals surface area contributed by atoms with Crippen molar-refractivity contribution in [2.24, 2.45) is 0 Å². The third-order valence-electron chi connectivity index (χ3n) is 4.17. The minimum absolute atomic E-state index is 0.199. The molecular formula is C19H22N4O2. The number of benzene rings is 1. The first-order valence-corrected chi connectivity index (χ1v) is 8.50. The first kappa shape index (κ1) is 17.0. The molecule has 0 aliphatic carbocycles. The molecular weight excluding hydrogens is 316 g/mol. The van der Waals surface area contributed by atoms with E-state index < -0.39 is 0 Å². The van der Waals surface area contributed by atoms with Gasteiger partial charge in [0.25, 0.3) is 5.56 Å². The molecule has 0 saturated heterocycles. The summed E-state index contributed by atoms with van der Waals surface area (Å²) in [6.07, 6.45) is 7.38. The molecule has 2 heterocycles. The van der Waals surface area contributed by atoms with Gasteiger partial charge in [0, 0.05) is 12.7 Å². The maximum absolute atomic E-state index is 11.7. The number of aryl methyl sites for hydroxylation is 3. The lowest BCUT2D eigenvalue weighted by atomic mass is 10.1. The van der Waals surface area contributed by atoms with Gasteiger partial charge in [0.1, 0.15) is 0 Å². The van der Waals surface area contributed by atoms with Gasteiger partial charge in [-0.2, -0.15) is 0 Å². The average Bonchev–Trinajstić information content (AvgIpc) is 3.08. The fourth-order valence-corrected chi connectivity index (χ4v) is 2.70. The van der Waals surface area contributed by atoms with Gasteiger partial charge in [-0.1, -0.05) is 29.3 Å². The van der Waals surface area contributed by atoms with Crippen molar-refractivity contribution in [3.63, 3.8) is 0 Å². The van der Waals surface area contributed by atoms with Crippen LogP contribution in [0.4, 0.5) is 0 Å². The lowest BCUT2D eigenvalue weighted by molar-refractivity contribution is 0.453. The van der Waals surface area contributed by atoms with Gasteiger partial charge in [0.15, 0.2) is 5.75 Å². The highest BCUT2D eigenvalue weighted by Crippen LogP contribution is 2.10. The fraction of sp³-hybridized carbons (Fsp3) is 0.316. The summed E-state index contributed by atoms with van der Waals surface area (Å²) in [6.45, 7) is 2.67. The average molecular weight is 338 g/mol. The van der Waals surface area contributed by atoms with Crippen LogP contribution in [0.3, 0.4) is 0 Å². The van der Waals surface area contributed by atoms with E-state index >= 15 is 0 Å². The highest BCUT2D eigenvalue weighted by molar-refractivity contribution is 5.33. The second-order valence-electron chi connectivity index (χ2n) is 6.19. The summed E-state index contributed by atoms with van der Waals surface area (Å²) in [4.78, 5) is 11.7. The molecule has 130 valence electrons. The first-order valence-electron chi connectivity index (χ1n) is 8.50. The topological polar surface area (TPSA) is 72.9 Å². The second-order valence-corrected chi connectivity index (χ2v) is 6.19. The summed E-state index contributed by atoms with van der Waals surface area (Å²) >= 11 is 0. The summed E-state index contributed by atoms with van der Waals surface area (Å²) < 4.78 is 3.34. The molecule has 3 rings (SSSR count). The van der Waals surface area contributed by atoms with Crippen LogP contribution in [0.2, 0.25) is 0 Å². The predicted octanol–water partition coefficient (Wildman–Crippen LogP) is 2.86. The van der Waals surface area contributed by atoms with Crippen molar-refractivity contribution in [1.82, 2.24) is 19.6 Å². The number of pyridine rings is 1. The largest absolute Gasteiger partial charge is 0.503 e. The molecule has 25 heavy (non-hydrogen) atoms. The van der Waals surface area contributed by atoms with E-state index in [1.807, 2.05) is 18.3 Å². The predicted molar refractivity (Wildman–Crippen MR) is 96.0 cm³/mol. The molecule has 1 N–H and O–H groups in total. The number of aromatic hydroxyl groups is 1. The minimum atomic E-state index is -0.330. The van der Waals surface area contributed by atoms with E-state index in [2.05, 4.69) is 29.4 Å². The van der Waals surface area contributed by atoms with Gasteiger partial charge < -0.3 is 9.67 Å². The number of hydrogen-bond donors (Lipinski definition) is 1. The Labute approximate surface area is 146 Å². The smallest absolute Gasteiger partial charge is 0.292 e. The zero-order valence-electron chi connectivity index (χ0n) is 14.3. The zero-order chi connectivity index (χ0) is 17.6. The zero-order valence-corrected chi connectivity index (χ0v) is 14.3. The number of aromatic nitrogens is 4. The summed E-state index contributed by atoms with van der Waals surface area (Å²) in [7, 11) is 0. The molecule has 0 aliphatic heterocycles. The summed E-state index contributed by atoms with van der Waals surface area (Å²) in [5, 5.41) is 17.8. The quantitative estimate of drug-likeness (QED) is 0.672. The van der Waals surface area contributed by atoms with Gasteiger partial charge in [-0.25, -0.2) is 4.68 Å². The monoisotopic (exact) mass is 338 g/mol. The molecule has 1 aromatic carbocycles. The number of unbranched alkanes of at least 4 members (excludes halogenated alkanes) is 2. The Kier molecular flexibility index (Phi) is 5.28. The Morgan fingerprint density at radius 2 is 1.88 bits per heavy atom. The molecule has 0 atom stereocenters. The highest BCUT2D eigenvalue weighted by atomic mass is 16.3. The molecule has 3 aromatic rings. The van der Waals surface area contributed by atoms with Crippen LogP contribution in [0, 0.1) is 6.92 Å². The molecule has 2 aromatic heterocycles. The van der Waals surface area contributed by atoms with Crippen molar-refractivity contribution in [3.8, 4) is 11.4 Å². The molecule has 0 radical (unpaired) electrons. The van der Waals surface area contributed by atoms with E-state index in [4.69, 9.17) is 0 Å². The molecule has 0 saturated carbocycles. The maximum Gasteiger partial charge on any atom is 0.292 e. The molecule has 6 nitrogen and oxygen atoms in total. The van der Waals surface area contributed by atoms with Gasteiger partial charge in [-0.15, -0.1) is 5.10 Å². The van der Waals surface area contributed by atoms with Gasteiger partial charge in [0.05, 0.1) is 17.6 Å². The Morgan fingerprint density at radius 1 is 1.08 bits per heavy atom. The number of rotatable bonds is 7. The third kappa shape index (κ3) is 4.35. The normalized spacial score (nSPS) is 10.9. The summed E-state index contributed by atoms with van der Waals surface area (Å²) in [5.74, 6) is -0.199. The first-order chi connectivity index (χ1) is 12.1. The van der Waals surface area contributed by atoms with Crippen LogP contribution < -0.4 is 5.56 Å². The van der Waals surface area contributed by atoms with E-state index in [9.17, 15) is 9.90 Å². The van der Waals surface area contributed by atoms with Gasteiger partial charge in [-0.3, -0.25) is 4.79 Å². The maximum atomic E-state index is 11.7. The van der Waals surface area contributed by atoms with Crippen molar-refractivity contribution in [1.29, 1.82) is 0 Å². The standard InChI is InChI=1S/C19H22N4O2/c1-15-8-10-17(11-9-15)23-14-16(20-21-23)6-3-2-4-12-22-13-5-7-18(24)19(22)25/h5,7-11,13-14,24H,2-4,6,12H2,1H3. The molecule has 0 spiro atoms. The van der Waals surface area contributed by atoms with Crippen LogP contribution in [0.15, 0.2) is 53.6 Å². The van der Waals surface area contributed by atoms with Crippen molar-refractivity contribution < 1.29 is 5.11 Å². The van der Waals surface area contributed by atoms with E-state index in [-0.39, 0.29) is 11.3 Å². The van der Waals surface area contributed by atoms with E-state index in [1.54, 1.807) is 21.5 Å². The number of nitrogens with zero attached hydrogens (tertiary/aromatic N) is 4. The van der Waals surface area contributed by atoms with Gasteiger partial charge in [0.2, 0.25) is 0 Å². The summed E-state index contributed by atoms with van der Waals surface area (Å²) in [5.41, 5.74) is 2.86. The summed E-state index contributed by atoms with van der Waals surface area (Å²) in [6, 6.07) is 11.3. The molecule has 0 fully saturated rings. The third-order valence-corrected chi connectivity index (χ3v) is 4.17. The van der Waals surface area contributed by atoms with Crippen LogP contribution in [0.1, 0.15) is 30.5 Å². The molecule has 0 unspecified atom stereocenters. The van der Waals surface area contributed by atoms with Crippen LogP contribution in [0.25, 0.3) is 5.69 Å². The van der Waals surface area contributed by atoms with E-state index in [0.29, 0.717) is 6.54 Å². The molecule has 0 amide bonds. The van der Waals surface area contributed by atoms with Crippen LogP contribution in [-0.2, 0) is 13.0 Å². The van der Waals surface area contributed by atoms with Crippen LogP contribution >= 0.6 is 0 Å². The Balaban J connectivity index is 1.46. The minimum Gasteiger partial charge on any atom is -0.503 e. The van der Waals surface area contributed by atoms with E-state index in [0.717, 1.165) is 37.1 Å². The van der Waals surface area contributed by atoms with Crippen molar-refractivity contribution in [3.05, 3.63) is 70.4 Å². The second kappa shape index (κ2) is 7.79. The van der Waals surface area contributed by atoms with Gasteiger partial charge >= 0.3 is 0 Å². The molecule has 0 aliphatic rings.